The van der Waals surface area contributed by atoms with Gasteiger partial charge in [0, 0.05) is 10.9 Å². The Morgan fingerprint density at radius 1 is 1.13 bits per heavy atom. The van der Waals surface area contributed by atoms with Gasteiger partial charge >= 0.3 is 5.97 Å². The van der Waals surface area contributed by atoms with Gasteiger partial charge in [-0.25, -0.2) is 0 Å². The Bertz CT molecular complexity index is 1030. The Balaban J connectivity index is 1.48. The maximum absolute atomic E-state index is 12.0. The van der Waals surface area contributed by atoms with Gasteiger partial charge in [-0.2, -0.15) is 15.0 Å². The monoisotopic (exact) mass is 487 g/mol. The number of nitrogens with two attached hydrogens (primary N) is 1. The van der Waals surface area contributed by atoms with Crippen LogP contribution in [0.5, 0.6) is 11.5 Å². The number of methoxy groups -OCH3 is 1. The predicted molar refractivity (Wildman–Crippen MR) is 119 cm³/mol. The van der Waals surface area contributed by atoms with E-state index in [9.17, 15) is 4.79 Å². The highest BCUT2D eigenvalue weighted by atomic mass is 79.9. The van der Waals surface area contributed by atoms with Crippen LogP contribution in [0.25, 0.3) is 0 Å². The molecule has 31 heavy (non-hydrogen) atoms. The van der Waals surface area contributed by atoms with Crippen LogP contribution in [0.1, 0.15) is 18.7 Å². The van der Waals surface area contributed by atoms with E-state index < -0.39 is 0 Å². The second kappa shape index (κ2) is 11.1. The number of para-hydroxylation sites is 2. The number of hydrogen-bond acceptors (Lipinski definition) is 9. The fourth-order valence-corrected chi connectivity index (χ4v) is 2.99. The van der Waals surface area contributed by atoms with Gasteiger partial charge in [0.05, 0.1) is 19.4 Å². The number of aromatic nitrogens is 3. The third-order valence-electron chi connectivity index (χ3n) is 4.00. The SMILES string of the molecule is COc1ccccc1Nc1nc(N)nc(COC(=O)CCCOc2cccc(Br)c2)n1. The molecule has 1 aromatic heterocycles. The molecule has 0 amide bonds. The van der Waals surface area contributed by atoms with Gasteiger partial charge in [-0.15, -0.1) is 0 Å². The van der Waals surface area contributed by atoms with Crippen molar-refractivity contribution < 1.29 is 19.0 Å². The van der Waals surface area contributed by atoms with Gasteiger partial charge in [0.15, 0.2) is 12.4 Å². The lowest BCUT2D eigenvalue weighted by molar-refractivity contribution is -0.145. The van der Waals surface area contributed by atoms with Gasteiger partial charge in [0.2, 0.25) is 11.9 Å². The molecule has 9 nitrogen and oxygen atoms in total. The number of benzene rings is 2. The van der Waals surface area contributed by atoms with Crippen molar-refractivity contribution in [2.75, 3.05) is 24.8 Å². The summed E-state index contributed by atoms with van der Waals surface area (Å²) >= 11 is 3.38. The van der Waals surface area contributed by atoms with E-state index in [1.54, 1.807) is 13.2 Å². The molecule has 0 fully saturated rings. The Morgan fingerprint density at radius 2 is 1.97 bits per heavy atom. The number of hydrogen-bond donors (Lipinski definition) is 2. The molecule has 0 aliphatic carbocycles. The third kappa shape index (κ3) is 7.10. The highest BCUT2D eigenvalue weighted by molar-refractivity contribution is 9.10. The molecule has 0 spiro atoms. The summed E-state index contributed by atoms with van der Waals surface area (Å²) in [6, 6.07) is 14.8. The first-order chi connectivity index (χ1) is 15.0. The van der Waals surface area contributed by atoms with E-state index >= 15 is 0 Å². The number of nitrogens with zero attached hydrogens (tertiary/aromatic N) is 3. The Kier molecular flexibility index (Phi) is 7.99. The third-order valence-corrected chi connectivity index (χ3v) is 4.50. The summed E-state index contributed by atoms with van der Waals surface area (Å²) in [7, 11) is 1.57. The van der Waals surface area contributed by atoms with Crippen LogP contribution in [0.4, 0.5) is 17.6 Å². The molecule has 0 atom stereocenters. The summed E-state index contributed by atoms with van der Waals surface area (Å²) < 4.78 is 17.1. The fourth-order valence-electron chi connectivity index (χ4n) is 2.61. The molecule has 0 bridgehead atoms. The number of carbonyl (C=O) groups is 1. The molecule has 0 unspecified atom stereocenters. The van der Waals surface area contributed by atoms with Crippen molar-refractivity contribution in [1.82, 2.24) is 15.0 Å². The van der Waals surface area contributed by atoms with E-state index in [0.717, 1.165) is 10.2 Å². The molecule has 3 rings (SSSR count). The van der Waals surface area contributed by atoms with E-state index in [0.29, 0.717) is 24.5 Å². The van der Waals surface area contributed by atoms with Crippen molar-refractivity contribution in [2.45, 2.75) is 19.4 Å². The predicted octanol–water partition coefficient (Wildman–Crippen LogP) is 3.87. The molecular weight excluding hydrogens is 466 g/mol. The highest BCUT2D eigenvalue weighted by Crippen LogP contribution is 2.25. The van der Waals surface area contributed by atoms with Crippen LogP contribution in [0, 0.1) is 0 Å². The lowest BCUT2D eigenvalue weighted by Crippen LogP contribution is -2.12. The molecule has 0 saturated heterocycles. The molecule has 0 saturated carbocycles. The largest absolute Gasteiger partial charge is 0.495 e. The summed E-state index contributed by atoms with van der Waals surface area (Å²) in [6.07, 6.45) is 0.728. The summed E-state index contributed by atoms with van der Waals surface area (Å²) in [5, 5.41) is 3.03. The quantitative estimate of drug-likeness (QED) is 0.324. The van der Waals surface area contributed by atoms with E-state index in [1.165, 1.54) is 0 Å². The van der Waals surface area contributed by atoms with Gasteiger partial charge in [0.1, 0.15) is 11.5 Å². The summed E-state index contributed by atoms with van der Waals surface area (Å²) in [6.45, 7) is 0.288. The maximum Gasteiger partial charge on any atom is 0.306 e. The first-order valence-electron chi connectivity index (χ1n) is 9.48. The molecule has 10 heteroatoms. The highest BCUT2D eigenvalue weighted by Gasteiger charge is 2.10. The lowest BCUT2D eigenvalue weighted by atomic mass is 10.3. The summed E-state index contributed by atoms with van der Waals surface area (Å²) in [5.74, 6) is 1.46. The number of nitrogen functional groups attached to an aromatic ring is 1. The minimum atomic E-state index is -0.379. The van der Waals surface area contributed by atoms with Crippen LogP contribution in [0.3, 0.4) is 0 Å². The number of anilines is 3. The molecule has 162 valence electrons. The number of rotatable bonds is 10. The molecule has 0 radical (unpaired) electrons. The minimum Gasteiger partial charge on any atom is -0.495 e. The standard InChI is InChI=1S/C21H22BrN5O4/c1-29-17-9-3-2-8-16(17)24-21-26-18(25-20(23)27-21)13-31-19(28)10-5-11-30-15-7-4-6-14(22)12-15/h2-4,6-9,12H,5,10-11,13H2,1H3,(H3,23,24,25,26,27). The van der Waals surface area contributed by atoms with E-state index in [4.69, 9.17) is 19.9 Å². The number of nitrogens with one attached hydrogen (secondary N) is 1. The number of esters is 1. The van der Waals surface area contributed by atoms with E-state index in [2.05, 4.69) is 36.2 Å². The number of halogens is 1. The topological polar surface area (TPSA) is 121 Å². The lowest BCUT2D eigenvalue weighted by Gasteiger charge is -2.11. The Hall–Kier alpha value is -3.40. The molecule has 0 aliphatic heterocycles. The van der Waals surface area contributed by atoms with Crippen LogP contribution in [-0.4, -0.2) is 34.6 Å². The Morgan fingerprint density at radius 3 is 2.77 bits per heavy atom. The van der Waals surface area contributed by atoms with Crippen LogP contribution in [0.15, 0.2) is 53.0 Å². The molecule has 3 aromatic rings. The van der Waals surface area contributed by atoms with Gasteiger partial charge in [-0.1, -0.05) is 34.1 Å². The van der Waals surface area contributed by atoms with Crippen LogP contribution >= 0.6 is 15.9 Å². The van der Waals surface area contributed by atoms with Crippen molar-refractivity contribution in [1.29, 1.82) is 0 Å². The second-order valence-corrected chi connectivity index (χ2v) is 7.24. The fraction of sp³-hybridized carbons (Fsp3) is 0.238. The zero-order valence-corrected chi connectivity index (χ0v) is 18.5. The van der Waals surface area contributed by atoms with Gasteiger partial charge in [-0.3, -0.25) is 4.79 Å². The van der Waals surface area contributed by atoms with E-state index in [1.807, 2.05) is 42.5 Å². The first-order valence-corrected chi connectivity index (χ1v) is 10.3. The number of ether oxygens (including phenoxy) is 3. The average Bonchev–Trinajstić information content (AvgIpc) is 2.75. The summed E-state index contributed by atoms with van der Waals surface area (Å²) in [5.41, 5.74) is 6.43. The summed E-state index contributed by atoms with van der Waals surface area (Å²) in [4.78, 5) is 24.3. The average molecular weight is 488 g/mol. The Labute approximate surface area is 188 Å². The molecule has 0 aliphatic rings. The zero-order valence-electron chi connectivity index (χ0n) is 16.9. The molecule has 1 heterocycles. The molecule has 2 aromatic carbocycles. The van der Waals surface area contributed by atoms with Crippen molar-refractivity contribution >= 4 is 39.5 Å². The van der Waals surface area contributed by atoms with Crippen molar-refractivity contribution in [3.63, 3.8) is 0 Å². The van der Waals surface area contributed by atoms with Gasteiger partial charge < -0.3 is 25.3 Å². The zero-order chi connectivity index (χ0) is 22.1. The van der Waals surface area contributed by atoms with Crippen LogP contribution in [-0.2, 0) is 16.1 Å². The molecule has 3 N–H and O–H groups in total. The molecular formula is C21H22BrN5O4. The normalized spacial score (nSPS) is 10.4. The van der Waals surface area contributed by atoms with Gasteiger partial charge in [0.25, 0.3) is 0 Å². The van der Waals surface area contributed by atoms with Crippen LogP contribution < -0.4 is 20.5 Å². The minimum absolute atomic E-state index is 0.0147. The van der Waals surface area contributed by atoms with Crippen molar-refractivity contribution in [2.24, 2.45) is 0 Å². The van der Waals surface area contributed by atoms with Crippen molar-refractivity contribution in [3.8, 4) is 11.5 Å². The van der Waals surface area contributed by atoms with Crippen LogP contribution in [0.2, 0.25) is 0 Å². The maximum atomic E-state index is 12.0. The van der Waals surface area contributed by atoms with Gasteiger partial charge in [-0.05, 0) is 36.8 Å². The second-order valence-electron chi connectivity index (χ2n) is 6.33. The number of carbonyl (C=O) groups excluding carboxylic acids is 1. The van der Waals surface area contributed by atoms with Crippen molar-refractivity contribution in [3.05, 3.63) is 58.8 Å². The van der Waals surface area contributed by atoms with E-state index in [-0.39, 0.29) is 36.7 Å². The first kappa shape index (κ1) is 22.3. The smallest absolute Gasteiger partial charge is 0.306 e.